The maximum Gasteiger partial charge on any atom is 0.120 e. The summed E-state index contributed by atoms with van der Waals surface area (Å²) in [5.74, 6) is 1.59. The molecule has 1 atom stereocenters. The summed E-state index contributed by atoms with van der Waals surface area (Å²) in [7, 11) is 0. The summed E-state index contributed by atoms with van der Waals surface area (Å²) in [6.07, 6.45) is 8.87. The van der Waals surface area contributed by atoms with Crippen LogP contribution in [0.25, 0.3) is 21.9 Å². The molecule has 2 heterocycles. The lowest BCUT2D eigenvalue weighted by Gasteiger charge is -2.12. The molecule has 2 aliphatic rings. The zero-order valence-electron chi connectivity index (χ0n) is 14.9. The van der Waals surface area contributed by atoms with Gasteiger partial charge in [-0.3, -0.25) is 4.68 Å². The Morgan fingerprint density at radius 1 is 1.15 bits per heavy atom. The summed E-state index contributed by atoms with van der Waals surface area (Å²) >= 11 is 0. The maximum atomic E-state index is 6.12. The van der Waals surface area contributed by atoms with Gasteiger partial charge in [0.2, 0.25) is 0 Å². The summed E-state index contributed by atoms with van der Waals surface area (Å²) in [6, 6.07) is 13.4. The fourth-order valence-electron chi connectivity index (χ4n) is 3.78. The number of benzene rings is 2. The maximum absolute atomic E-state index is 6.12. The van der Waals surface area contributed by atoms with Crippen LogP contribution in [-0.2, 0) is 4.74 Å². The van der Waals surface area contributed by atoms with Gasteiger partial charge < -0.3 is 9.47 Å². The fraction of sp³-hybridized carbons (Fsp3) is 0.409. The predicted octanol–water partition coefficient (Wildman–Crippen LogP) is 4.84. The van der Waals surface area contributed by atoms with Crippen LogP contribution in [0.1, 0.15) is 31.7 Å². The van der Waals surface area contributed by atoms with Gasteiger partial charge in [-0.1, -0.05) is 24.3 Å². The van der Waals surface area contributed by atoms with Crippen LogP contribution in [0.2, 0.25) is 0 Å². The van der Waals surface area contributed by atoms with Crippen molar-refractivity contribution in [1.82, 2.24) is 9.78 Å². The lowest BCUT2D eigenvalue weighted by molar-refractivity contribution is 0.178. The summed E-state index contributed by atoms with van der Waals surface area (Å²) in [4.78, 5) is 0. The van der Waals surface area contributed by atoms with E-state index < -0.39 is 0 Å². The molecule has 0 spiro atoms. The summed E-state index contributed by atoms with van der Waals surface area (Å²) < 4.78 is 13.7. The van der Waals surface area contributed by atoms with Crippen LogP contribution in [0.15, 0.2) is 48.8 Å². The predicted molar refractivity (Wildman–Crippen MR) is 102 cm³/mol. The first-order valence-electron chi connectivity index (χ1n) is 9.65. The van der Waals surface area contributed by atoms with Crippen LogP contribution in [-0.4, -0.2) is 29.6 Å². The van der Waals surface area contributed by atoms with Gasteiger partial charge in [-0.25, -0.2) is 0 Å². The molecule has 26 heavy (non-hydrogen) atoms. The molecule has 4 heteroatoms. The Kier molecular flexibility index (Phi) is 4.13. The average molecular weight is 348 g/mol. The normalized spacial score (nSPS) is 19.9. The molecule has 1 aliphatic carbocycles. The Bertz CT molecular complexity index is 907. The van der Waals surface area contributed by atoms with Crippen LogP contribution in [0.3, 0.4) is 0 Å². The van der Waals surface area contributed by atoms with Crippen molar-refractivity contribution >= 4 is 10.8 Å². The molecule has 0 radical (unpaired) electrons. The first-order valence-corrected chi connectivity index (χ1v) is 9.65. The smallest absolute Gasteiger partial charge is 0.120 e. The van der Waals surface area contributed by atoms with Crippen molar-refractivity contribution in [1.29, 1.82) is 0 Å². The molecule has 0 amide bonds. The van der Waals surface area contributed by atoms with Crippen LogP contribution in [0.4, 0.5) is 0 Å². The zero-order chi connectivity index (χ0) is 17.3. The molecule has 2 aromatic carbocycles. The largest absolute Gasteiger partial charge is 0.494 e. The number of hydrogen-bond donors (Lipinski definition) is 0. The SMILES string of the molecule is c1ccc2c(-c3cnn(C4CC4)c3)cc(OCCC3CCOC3)cc2c1. The van der Waals surface area contributed by atoms with E-state index in [1.54, 1.807) is 0 Å². The van der Waals surface area contributed by atoms with E-state index >= 15 is 0 Å². The van der Waals surface area contributed by atoms with Gasteiger partial charge in [0.05, 0.1) is 18.8 Å². The minimum absolute atomic E-state index is 0.600. The van der Waals surface area contributed by atoms with Crippen LogP contribution in [0, 0.1) is 5.92 Å². The molecule has 4 nitrogen and oxygen atoms in total. The lowest BCUT2D eigenvalue weighted by atomic mass is 10.00. The van der Waals surface area contributed by atoms with Gasteiger partial charge in [0.1, 0.15) is 5.75 Å². The van der Waals surface area contributed by atoms with E-state index in [0.29, 0.717) is 12.0 Å². The number of nitrogens with zero attached hydrogens (tertiary/aromatic N) is 2. The minimum Gasteiger partial charge on any atom is -0.494 e. The highest BCUT2D eigenvalue weighted by Gasteiger charge is 2.24. The average Bonchev–Trinajstić information content (AvgIpc) is 3.18. The molecule has 1 aliphatic heterocycles. The van der Waals surface area contributed by atoms with Crippen molar-refractivity contribution in [3.63, 3.8) is 0 Å². The third kappa shape index (κ3) is 3.21. The Labute approximate surface area is 153 Å². The highest BCUT2D eigenvalue weighted by Crippen LogP contribution is 2.37. The second-order valence-corrected chi connectivity index (χ2v) is 7.50. The number of aromatic nitrogens is 2. The third-order valence-electron chi connectivity index (χ3n) is 5.49. The van der Waals surface area contributed by atoms with Gasteiger partial charge in [0, 0.05) is 25.0 Å². The zero-order valence-corrected chi connectivity index (χ0v) is 14.9. The Morgan fingerprint density at radius 2 is 2.08 bits per heavy atom. The first kappa shape index (κ1) is 15.9. The van der Waals surface area contributed by atoms with E-state index in [-0.39, 0.29) is 0 Å². The van der Waals surface area contributed by atoms with E-state index in [0.717, 1.165) is 38.4 Å². The quantitative estimate of drug-likeness (QED) is 0.639. The second-order valence-electron chi connectivity index (χ2n) is 7.50. The van der Waals surface area contributed by atoms with E-state index in [9.17, 15) is 0 Å². The van der Waals surface area contributed by atoms with Crippen molar-refractivity contribution in [3.8, 4) is 16.9 Å². The van der Waals surface area contributed by atoms with Crippen molar-refractivity contribution in [3.05, 3.63) is 48.8 Å². The van der Waals surface area contributed by atoms with Gasteiger partial charge >= 0.3 is 0 Å². The molecule has 0 bridgehead atoms. The van der Waals surface area contributed by atoms with E-state index in [2.05, 4.69) is 52.4 Å². The Hall–Kier alpha value is -2.33. The number of fused-ring (bicyclic) bond motifs is 1. The minimum atomic E-state index is 0.600. The molecule has 1 aromatic heterocycles. The van der Waals surface area contributed by atoms with Gasteiger partial charge in [-0.2, -0.15) is 5.10 Å². The van der Waals surface area contributed by atoms with Gasteiger partial charge in [0.25, 0.3) is 0 Å². The molecule has 3 aromatic rings. The molecule has 2 fully saturated rings. The second kappa shape index (κ2) is 6.76. The molecule has 1 saturated heterocycles. The molecule has 134 valence electrons. The van der Waals surface area contributed by atoms with Crippen molar-refractivity contribution in [2.24, 2.45) is 5.92 Å². The van der Waals surface area contributed by atoms with Gasteiger partial charge in [0.15, 0.2) is 0 Å². The molecule has 0 N–H and O–H groups in total. The Morgan fingerprint density at radius 3 is 2.92 bits per heavy atom. The molecule has 1 saturated carbocycles. The molecule has 5 rings (SSSR count). The highest BCUT2D eigenvalue weighted by atomic mass is 16.5. The van der Waals surface area contributed by atoms with Crippen LogP contribution >= 0.6 is 0 Å². The standard InChI is InChI=1S/C22H24N2O2/c1-2-4-21-17(3-1)11-20(26-10-8-16-7-9-25-15-16)12-22(21)18-13-23-24(14-18)19-5-6-19/h1-4,11-14,16,19H,5-10,15H2. The monoisotopic (exact) mass is 348 g/mol. The highest BCUT2D eigenvalue weighted by molar-refractivity contribution is 5.97. The van der Waals surface area contributed by atoms with E-state index in [4.69, 9.17) is 9.47 Å². The van der Waals surface area contributed by atoms with Gasteiger partial charge in [-0.05, 0) is 60.1 Å². The first-order chi connectivity index (χ1) is 12.9. The van der Waals surface area contributed by atoms with Crippen molar-refractivity contribution in [2.45, 2.75) is 31.7 Å². The molecular weight excluding hydrogens is 324 g/mol. The van der Waals surface area contributed by atoms with Gasteiger partial charge in [-0.15, -0.1) is 0 Å². The summed E-state index contributed by atoms with van der Waals surface area (Å²) in [5, 5.41) is 7.03. The Balaban J connectivity index is 1.43. The number of hydrogen-bond acceptors (Lipinski definition) is 3. The summed E-state index contributed by atoms with van der Waals surface area (Å²) in [6.45, 7) is 2.52. The molecular formula is C22H24N2O2. The fourth-order valence-corrected chi connectivity index (χ4v) is 3.78. The van der Waals surface area contributed by atoms with Crippen LogP contribution in [0.5, 0.6) is 5.75 Å². The van der Waals surface area contributed by atoms with Crippen molar-refractivity contribution < 1.29 is 9.47 Å². The lowest BCUT2D eigenvalue weighted by Crippen LogP contribution is -2.06. The number of ether oxygens (including phenoxy) is 2. The van der Waals surface area contributed by atoms with Crippen LogP contribution < -0.4 is 4.74 Å². The third-order valence-corrected chi connectivity index (χ3v) is 5.49. The van der Waals surface area contributed by atoms with Crippen molar-refractivity contribution in [2.75, 3.05) is 19.8 Å². The topological polar surface area (TPSA) is 36.3 Å². The van der Waals surface area contributed by atoms with E-state index in [1.165, 1.54) is 34.7 Å². The number of rotatable bonds is 6. The van der Waals surface area contributed by atoms with E-state index in [1.807, 2.05) is 6.20 Å². The summed E-state index contributed by atoms with van der Waals surface area (Å²) in [5.41, 5.74) is 2.37. The molecule has 1 unspecified atom stereocenters.